The van der Waals surface area contributed by atoms with E-state index in [1.807, 2.05) is 43.0 Å². The summed E-state index contributed by atoms with van der Waals surface area (Å²) in [6.45, 7) is 5.73. The van der Waals surface area contributed by atoms with Crippen LogP contribution in [-0.4, -0.2) is 31.4 Å². The Kier molecular flexibility index (Phi) is 3.97. The number of carbonyl (C=O) groups is 1. The fourth-order valence-electron chi connectivity index (χ4n) is 2.34. The van der Waals surface area contributed by atoms with E-state index in [1.165, 1.54) is 0 Å². The van der Waals surface area contributed by atoms with Crippen LogP contribution in [0.25, 0.3) is 0 Å². The van der Waals surface area contributed by atoms with Crippen LogP contribution in [0.1, 0.15) is 19.4 Å². The number of amides is 1. The number of hydrogen-bond acceptors (Lipinski definition) is 3. The van der Waals surface area contributed by atoms with Crippen molar-refractivity contribution in [2.24, 2.45) is 0 Å². The van der Waals surface area contributed by atoms with Gasteiger partial charge in [-0.3, -0.25) is 4.79 Å². The molecule has 1 aromatic rings. The second-order valence-electron chi connectivity index (χ2n) is 4.93. The molecule has 2 rings (SSSR count). The fourth-order valence-corrected chi connectivity index (χ4v) is 2.47. The van der Waals surface area contributed by atoms with Crippen molar-refractivity contribution in [1.29, 1.82) is 0 Å². The molecule has 4 heteroatoms. The van der Waals surface area contributed by atoms with E-state index in [0.717, 1.165) is 11.3 Å². The number of rotatable bonds is 5. The van der Waals surface area contributed by atoms with Crippen LogP contribution in [0.2, 0.25) is 0 Å². The molecule has 1 aliphatic heterocycles. The van der Waals surface area contributed by atoms with Gasteiger partial charge in [0, 0.05) is 18.0 Å². The van der Waals surface area contributed by atoms with Gasteiger partial charge in [-0.2, -0.15) is 12.6 Å². The number of nitrogens with zero attached hydrogens (tertiary/aromatic N) is 1. The first-order chi connectivity index (χ1) is 8.59. The van der Waals surface area contributed by atoms with Crippen molar-refractivity contribution in [2.45, 2.75) is 19.3 Å². The van der Waals surface area contributed by atoms with Gasteiger partial charge < -0.3 is 9.64 Å². The Morgan fingerprint density at radius 1 is 1.28 bits per heavy atom. The Hall–Kier alpha value is -1.00. The molecule has 0 atom stereocenters. The largest absolute Gasteiger partial charge is 0.379 e. The van der Waals surface area contributed by atoms with E-state index in [0.29, 0.717) is 25.5 Å². The monoisotopic (exact) mass is 265 g/mol. The third kappa shape index (κ3) is 2.27. The molecular weight excluding hydrogens is 246 g/mol. The lowest BCUT2D eigenvalue weighted by Gasteiger charge is -2.20. The van der Waals surface area contributed by atoms with Crippen LogP contribution in [-0.2, 0) is 14.9 Å². The highest BCUT2D eigenvalue weighted by molar-refractivity contribution is 7.80. The van der Waals surface area contributed by atoms with Crippen LogP contribution in [0.4, 0.5) is 5.69 Å². The van der Waals surface area contributed by atoms with Crippen molar-refractivity contribution >= 4 is 24.2 Å². The average molecular weight is 265 g/mol. The lowest BCUT2D eigenvalue weighted by atomic mass is 9.86. The normalized spacial score (nSPS) is 17.1. The van der Waals surface area contributed by atoms with Gasteiger partial charge in [0.15, 0.2) is 0 Å². The molecule has 0 N–H and O–H groups in total. The molecule has 0 radical (unpaired) electrons. The third-order valence-corrected chi connectivity index (χ3v) is 3.53. The summed E-state index contributed by atoms with van der Waals surface area (Å²) in [6, 6.07) is 7.98. The zero-order chi connectivity index (χ0) is 13.2. The van der Waals surface area contributed by atoms with Crippen molar-refractivity contribution in [3.8, 4) is 0 Å². The van der Waals surface area contributed by atoms with Crippen LogP contribution in [0, 0.1) is 0 Å². The van der Waals surface area contributed by atoms with Gasteiger partial charge in [0.1, 0.15) is 0 Å². The molecule has 98 valence electrons. The predicted molar refractivity (Wildman–Crippen MR) is 76.5 cm³/mol. The first-order valence-electron chi connectivity index (χ1n) is 6.19. The number of anilines is 1. The van der Waals surface area contributed by atoms with Crippen molar-refractivity contribution in [1.82, 2.24) is 0 Å². The quantitative estimate of drug-likeness (QED) is 0.653. The first kappa shape index (κ1) is 13.4. The van der Waals surface area contributed by atoms with Crippen molar-refractivity contribution in [3.63, 3.8) is 0 Å². The number of thiol groups is 1. The van der Waals surface area contributed by atoms with Crippen molar-refractivity contribution in [3.05, 3.63) is 29.8 Å². The summed E-state index contributed by atoms with van der Waals surface area (Å²) in [5.74, 6) is 0.855. The van der Waals surface area contributed by atoms with E-state index in [9.17, 15) is 4.79 Å². The number of fused-ring (bicyclic) bond motifs is 1. The molecule has 0 bridgehead atoms. The van der Waals surface area contributed by atoms with Gasteiger partial charge in [0.25, 0.3) is 0 Å². The maximum Gasteiger partial charge on any atom is 0.237 e. The molecule has 3 nitrogen and oxygen atoms in total. The number of ether oxygens (including phenoxy) is 1. The average Bonchev–Trinajstić information content (AvgIpc) is 2.56. The lowest BCUT2D eigenvalue weighted by molar-refractivity contribution is -0.122. The molecule has 18 heavy (non-hydrogen) atoms. The summed E-state index contributed by atoms with van der Waals surface area (Å²) in [7, 11) is 0. The van der Waals surface area contributed by atoms with Crippen LogP contribution < -0.4 is 4.90 Å². The standard InChI is InChI=1S/C14H19NO2S/c1-14(2)11-5-3-4-6-12(11)15(13(14)16)7-8-17-9-10-18/h3-6,18H,7-10H2,1-2H3. The molecule has 0 aliphatic carbocycles. The Morgan fingerprint density at radius 3 is 2.72 bits per heavy atom. The van der Waals surface area contributed by atoms with Gasteiger partial charge in [-0.1, -0.05) is 18.2 Å². The van der Waals surface area contributed by atoms with Crippen LogP contribution in [0.15, 0.2) is 24.3 Å². The Morgan fingerprint density at radius 2 is 2.00 bits per heavy atom. The van der Waals surface area contributed by atoms with Crippen LogP contribution in [0.3, 0.4) is 0 Å². The highest BCUT2D eigenvalue weighted by atomic mass is 32.1. The number of benzene rings is 1. The van der Waals surface area contributed by atoms with Crippen molar-refractivity contribution < 1.29 is 9.53 Å². The van der Waals surface area contributed by atoms with Gasteiger partial charge >= 0.3 is 0 Å². The van der Waals surface area contributed by atoms with Crippen LogP contribution >= 0.6 is 12.6 Å². The number of para-hydroxylation sites is 1. The molecule has 0 unspecified atom stereocenters. The molecule has 0 spiro atoms. The molecule has 0 fully saturated rings. The second-order valence-corrected chi connectivity index (χ2v) is 5.38. The lowest BCUT2D eigenvalue weighted by Crippen LogP contribution is -2.38. The van der Waals surface area contributed by atoms with Crippen molar-refractivity contribution in [2.75, 3.05) is 30.4 Å². The molecule has 0 saturated heterocycles. The Labute approximate surface area is 114 Å². The van der Waals surface area contributed by atoms with Crippen LogP contribution in [0.5, 0.6) is 0 Å². The zero-order valence-electron chi connectivity index (χ0n) is 10.8. The number of hydrogen-bond donors (Lipinski definition) is 1. The van der Waals surface area contributed by atoms with E-state index < -0.39 is 5.41 Å². The summed E-state index contributed by atoms with van der Waals surface area (Å²) in [5, 5.41) is 0. The van der Waals surface area contributed by atoms with Gasteiger partial charge in [0.2, 0.25) is 5.91 Å². The molecule has 0 aromatic heterocycles. The highest BCUT2D eigenvalue weighted by Crippen LogP contribution is 2.40. The van der Waals surface area contributed by atoms with E-state index in [-0.39, 0.29) is 5.91 Å². The minimum Gasteiger partial charge on any atom is -0.379 e. The predicted octanol–water partition coefficient (Wildman–Crippen LogP) is 2.26. The van der Waals surface area contributed by atoms with Gasteiger partial charge in [-0.15, -0.1) is 0 Å². The molecule has 1 heterocycles. The summed E-state index contributed by atoms with van der Waals surface area (Å²) >= 11 is 4.09. The summed E-state index contributed by atoms with van der Waals surface area (Å²) in [6.07, 6.45) is 0. The summed E-state index contributed by atoms with van der Waals surface area (Å²) < 4.78 is 5.41. The van der Waals surface area contributed by atoms with E-state index in [1.54, 1.807) is 0 Å². The van der Waals surface area contributed by atoms with E-state index >= 15 is 0 Å². The summed E-state index contributed by atoms with van der Waals surface area (Å²) in [5.41, 5.74) is 1.69. The maximum atomic E-state index is 12.4. The van der Waals surface area contributed by atoms with Gasteiger partial charge in [-0.05, 0) is 25.5 Å². The second kappa shape index (κ2) is 5.33. The van der Waals surface area contributed by atoms with E-state index in [4.69, 9.17) is 4.74 Å². The molecule has 1 aliphatic rings. The van der Waals surface area contributed by atoms with Gasteiger partial charge in [-0.25, -0.2) is 0 Å². The summed E-state index contributed by atoms with van der Waals surface area (Å²) in [4.78, 5) is 14.2. The minimum absolute atomic E-state index is 0.151. The Bertz CT molecular complexity index is 445. The first-order valence-corrected chi connectivity index (χ1v) is 6.82. The molecule has 1 aromatic carbocycles. The highest BCUT2D eigenvalue weighted by Gasteiger charge is 2.43. The minimum atomic E-state index is -0.430. The molecule has 1 amide bonds. The fraction of sp³-hybridized carbons (Fsp3) is 0.500. The smallest absolute Gasteiger partial charge is 0.237 e. The SMILES string of the molecule is CC1(C)C(=O)N(CCOCCS)c2ccccc21. The number of carbonyl (C=O) groups excluding carboxylic acids is 1. The topological polar surface area (TPSA) is 29.5 Å². The van der Waals surface area contributed by atoms with E-state index in [2.05, 4.69) is 12.6 Å². The third-order valence-electron chi connectivity index (χ3n) is 3.34. The maximum absolute atomic E-state index is 12.4. The van der Waals surface area contributed by atoms with Gasteiger partial charge in [0.05, 0.1) is 18.6 Å². The Balaban J connectivity index is 2.15. The molecular formula is C14H19NO2S. The zero-order valence-corrected chi connectivity index (χ0v) is 11.7. The molecule has 0 saturated carbocycles.